The zero-order valence-corrected chi connectivity index (χ0v) is 12.2. The van der Waals surface area contributed by atoms with Gasteiger partial charge in [0.15, 0.2) is 5.82 Å². The molecule has 18 heavy (non-hydrogen) atoms. The van der Waals surface area contributed by atoms with Gasteiger partial charge in [-0.1, -0.05) is 11.6 Å². The van der Waals surface area contributed by atoms with Gasteiger partial charge in [0.2, 0.25) is 0 Å². The topological polar surface area (TPSA) is 58.6 Å². The van der Waals surface area contributed by atoms with E-state index in [1.807, 2.05) is 0 Å². The predicted octanol–water partition coefficient (Wildman–Crippen LogP) is 2.97. The lowest BCUT2D eigenvalue weighted by Crippen LogP contribution is -2.16. The number of H-pyrrole nitrogens is 1. The Morgan fingerprint density at radius 2 is 2.17 bits per heavy atom. The fourth-order valence-corrected chi connectivity index (χ4v) is 2.55. The normalized spacial score (nSPS) is 14.8. The number of hydrogen-bond acceptors (Lipinski definition) is 3. The average Bonchev–Trinajstić information content (AvgIpc) is 3.18. The van der Waals surface area contributed by atoms with Gasteiger partial charge in [0, 0.05) is 12.1 Å². The molecule has 92 valence electrons. The van der Waals surface area contributed by atoms with Gasteiger partial charge in [0.25, 0.3) is 5.56 Å². The zero-order valence-electron chi connectivity index (χ0n) is 9.28. The third kappa shape index (κ3) is 2.29. The molecule has 1 aliphatic carbocycles. The minimum absolute atomic E-state index is 0.0979. The van der Waals surface area contributed by atoms with Gasteiger partial charge >= 0.3 is 0 Å². The van der Waals surface area contributed by atoms with Gasteiger partial charge in [-0.25, -0.2) is 4.98 Å². The minimum Gasteiger partial charge on any atom is -0.304 e. The molecule has 1 saturated carbocycles. The molecule has 2 aromatic heterocycles. The highest BCUT2D eigenvalue weighted by atomic mass is 127. The van der Waals surface area contributed by atoms with Crippen LogP contribution in [0.5, 0.6) is 0 Å². The van der Waals surface area contributed by atoms with Crippen molar-refractivity contribution in [3.8, 4) is 11.5 Å². The molecule has 2 heterocycles. The number of hydrogen-bond donors (Lipinski definition) is 1. The number of aromatic nitrogens is 3. The number of rotatable bonds is 2. The van der Waals surface area contributed by atoms with Gasteiger partial charge in [0.1, 0.15) is 9.26 Å². The van der Waals surface area contributed by atoms with Crippen LogP contribution < -0.4 is 5.56 Å². The van der Waals surface area contributed by atoms with Crippen LogP contribution in [0.25, 0.3) is 11.5 Å². The standard InChI is InChI=1S/C12H9ClIN3O/c13-7-3-4-8(15-5-7)11-16-10(6-1-2-6)9(14)12(18)17-11/h3-6H,1-2H2,(H,16,17,18). The van der Waals surface area contributed by atoms with E-state index in [1.54, 1.807) is 18.3 Å². The Hall–Kier alpha value is -0.950. The molecule has 1 N–H and O–H groups in total. The molecular formula is C12H9ClIN3O. The highest BCUT2D eigenvalue weighted by molar-refractivity contribution is 14.1. The van der Waals surface area contributed by atoms with Gasteiger partial charge in [-0.05, 0) is 47.6 Å². The van der Waals surface area contributed by atoms with Gasteiger partial charge in [-0.15, -0.1) is 0 Å². The monoisotopic (exact) mass is 373 g/mol. The summed E-state index contributed by atoms with van der Waals surface area (Å²) in [5, 5.41) is 0.564. The van der Waals surface area contributed by atoms with Crippen molar-refractivity contribution in [3.05, 3.63) is 43.0 Å². The van der Waals surface area contributed by atoms with Gasteiger partial charge in [-0.3, -0.25) is 9.78 Å². The second kappa shape index (κ2) is 4.62. The van der Waals surface area contributed by atoms with Crippen molar-refractivity contribution in [1.82, 2.24) is 15.0 Å². The molecular weight excluding hydrogens is 365 g/mol. The summed E-state index contributed by atoms with van der Waals surface area (Å²) >= 11 is 7.85. The van der Waals surface area contributed by atoms with E-state index >= 15 is 0 Å². The van der Waals surface area contributed by atoms with E-state index in [9.17, 15) is 4.79 Å². The lowest BCUT2D eigenvalue weighted by atomic mass is 10.2. The second-order valence-corrected chi connectivity index (χ2v) is 5.76. The molecule has 6 heteroatoms. The molecule has 0 amide bonds. The Labute approximate surface area is 122 Å². The summed E-state index contributed by atoms with van der Waals surface area (Å²) in [5.41, 5.74) is 1.43. The van der Waals surface area contributed by atoms with Gasteiger partial charge in [0.05, 0.1) is 10.7 Å². The second-order valence-electron chi connectivity index (χ2n) is 4.25. The number of halogens is 2. The quantitative estimate of drug-likeness (QED) is 0.824. The van der Waals surface area contributed by atoms with Crippen LogP contribution in [-0.4, -0.2) is 15.0 Å². The molecule has 0 bridgehead atoms. The first-order chi connectivity index (χ1) is 8.65. The molecule has 2 aromatic rings. The molecule has 0 saturated heterocycles. The van der Waals surface area contributed by atoms with Crippen molar-refractivity contribution in [2.24, 2.45) is 0 Å². The van der Waals surface area contributed by atoms with Crippen molar-refractivity contribution in [1.29, 1.82) is 0 Å². The molecule has 0 radical (unpaired) electrons. The highest BCUT2D eigenvalue weighted by Crippen LogP contribution is 2.40. The van der Waals surface area contributed by atoms with E-state index in [1.165, 1.54) is 0 Å². The lowest BCUT2D eigenvalue weighted by molar-refractivity contribution is 0.952. The largest absolute Gasteiger partial charge is 0.304 e. The minimum atomic E-state index is -0.0979. The number of pyridine rings is 1. The van der Waals surface area contributed by atoms with E-state index < -0.39 is 0 Å². The number of aromatic amines is 1. The van der Waals surface area contributed by atoms with E-state index in [-0.39, 0.29) is 5.56 Å². The Morgan fingerprint density at radius 3 is 2.78 bits per heavy atom. The van der Waals surface area contributed by atoms with Crippen molar-refractivity contribution in [2.45, 2.75) is 18.8 Å². The Morgan fingerprint density at radius 1 is 1.39 bits per heavy atom. The third-order valence-electron chi connectivity index (χ3n) is 2.82. The van der Waals surface area contributed by atoms with Crippen molar-refractivity contribution in [3.63, 3.8) is 0 Å². The summed E-state index contributed by atoms with van der Waals surface area (Å²) in [7, 11) is 0. The summed E-state index contributed by atoms with van der Waals surface area (Å²) in [6, 6.07) is 3.49. The molecule has 0 aromatic carbocycles. The molecule has 1 fully saturated rings. The molecule has 0 unspecified atom stereocenters. The highest BCUT2D eigenvalue weighted by Gasteiger charge is 2.29. The third-order valence-corrected chi connectivity index (χ3v) is 4.09. The predicted molar refractivity (Wildman–Crippen MR) is 77.8 cm³/mol. The van der Waals surface area contributed by atoms with Crippen LogP contribution in [0.3, 0.4) is 0 Å². The maximum Gasteiger partial charge on any atom is 0.264 e. The van der Waals surface area contributed by atoms with Crippen LogP contribution in [0.15, 0.2) is 23.1 Å². The maximum atomic E-state index is 11.9. The summed E-state index contributed by atoms with van der Waals surface area (Å²) in [4.78, 5) is 23.3. The Bertz CT molecular complexity index is 649. The Kier molecular flexibility index (Phi) is 3.11. The first-order valence-corrected chi connectivity index (χ1v) is 7.02. The summed E-state index contributed by atoms with van der Waals surface area (Å²) in [5.74, 6) is 0.948. The van der Waals surface area contributed by atoms with Crippen LogP contribution in [0.2, 0.25) is 5.02 Å². The first kappa shape index (κ1) is 12.1. The lowest BCUT2D eigenvalue weighted by Gasteiger charge is -2.05. The summed E-state index contributed by atoms with van der Waals surface area (Å²) in [6.45, 7) is 0. The van der Waals surface area contributed by atoms with Gasteiger partial charge in [-0.2, -0.15) is 0 Å². The van der Waals surface area contributed by atoms with E-state index in [2.05, 4.69) is 37.5 Å². The average molecular weight is 374 g/mol. The van der Waals surface area contributed by atoms with Crippen molar-refractivity contribution in [2.75, 3.05) is 0 Å². The van der Waals surface area contributed by atoms with Gasteiger partial charge < -0.3 is 4.98 Å². The number of nitrogens with one attached hydrogen (secondary N) is 1. The molecule has 0 aliphatic heterocycles. The van der Waals surface area contributed by atoms with E-state index in [0.29, 0.717) is 26.0 Å². The first-order valence-electron chi connectivity index (χ1n) is 5.57. The molecule has 4 nitrogen and oxygen atoms in total. The number of nitrogens with zero attached hydrogens (tertiary/aromatic N) is 2. The fraction of sp³-hybridized carbons (Fsp3) is 0.250. The maximum absolute atomic E-state index is 11.9. The SMILES string of the molecule is O=c1[nH]c(-c2ccc(Cl)cn2)nc(C2CC2)c1I. The molecule has 0 spiro atoms. The summed E-state index contributed by atoms with van der Waals surface area (Å²) in [6.07, 6.45) is 3.77. The Balaban J connectivity index is 2.12. The van der Waals surface area contributed by atoms with E-state index in [0.717, 1.165) is 18.5 Å². The molecule has 3 rings (SSSR count). The fourth-order valence-electron chi connectivity index (χ4n) is 1.74. The molecule has 0 atom stereocenters. The zero-order chi connectivity index (χ0) is 12.7. The van der Waals surface area contributed by atoms with Crippen molar-refractivity contribution >= 4 is 34.2 Å². The van der Waals surface area contributed by atoms with Crippen LogP contribution in [-0.2, 0) is 0 Å². The van der Waals surface area contributed by atoms with Crippen LogP contribution in [0.4, 0.5) is 0 Å². The smallest absolute Gasteiger partial charge is 0.264 e. The molecule has 1 aliphatic rings. The van der Waals surface area contributed by atoms with E-state index in [4.69, 9.17) is 11.6 Å². The van der Waals surface area contributed by atoms with Crippen LogP contribution in [0.1, 0.15) is 24.5 Å². The van der Waals surface area contributed by atoms with Crippen LogP contribution in [0, 0.1) is 3.57 Å². The van der Waals surface area contributed by atoms with Crippen molar-refractivity contribution < 1.29 is 0 Å². The summed E-state index contributed by atoms with van der Waals surface area (Å²) < 4.78 is 0.688. The van der Waals surface area contributed by atoms with Crippen LogP contribution >= 0.6 is 34.2 Å².